The summed E-state index contributed by atoms with van der Waals surface area (Å²) in [5.74, 6) is -2.34. The number of aliphatic hydroxyl groups is 1. The van der Waals surface area contributed by atoms with Crippen LogP contribution >= 0.6 is 0 Å². The summed E-state index contributed by atoms with van der Waals surface area (Å²) >= 11 is 0. The van der Waals surface area contributed by atoms with Gasteiger partial charge in [-0.25, -0.2) is 13.8 Å². The maximum Gasteiger partial charge on any atom is 0.273 e. The lowest BCUT2D eigenvalue weighted by molar-refractivity contribution is -0.00829. The number of piperidine rings is 1. The van der Waals surface area contributed by atoms with Crippen LogP contribution in [0.4, 0.5) is 8.78 Å². The summed E-state index contributed by atoms with van der Waals surface area (Å²) in [6, 6.07) is 6.24. The lowest BCUT2D eigenvalue weighted by atomic mass is 9.87. The first-order chi connectivity index (χ1) is 10.5. The van der Waals surface area contributed by atoms with Crippen LogP contribution in [0.15, 0.2) is 29.3 Å². The van der Waals surface area contributed by atoms with Gasteiger partial charge in [-0.1, -0.05) is 25.1 Å². The van der Waals surface area contributed by atoms with E-state index < -0.39 is 17.7 Å². The molecule has 0 amide bonds. The summed E-state index contributed by atoms with van der Waals surface area (Å²) in [4.78, 5) is 4.27. The molecule has 6 heteroatoms. The van der Waals surface area contributed by atoms with Crippen molar-refractivity contribution in [2.24, 2.45) is 4.99 Å². The van der Waals surface area contributed by atoms with Crippen LogP contribution in [0.1, 0.15) is 37.3 Å². The second-order valence-corrected chi connectivity index (χ2v) is 6.02. The maximum atomic E-state index is 13.9. The molecule has 2 aliphatic rings. The summed E-state index contributed by atoms with van der Waals surface area (Å²) in [6.07, 6.45) is 0.437. The predicted molar refractivity (Wildman–Crippen MR) is 81.1 cm³/mol. The highest BCUT2D eigenvalue weighted by molar-refractivity contribution is 6.00. The summed E-state index contributed by atoms with van der Waals surface area (Å²) in [5.41, 5.74) is 0.113. The van der Waals surface area contributed by atoms with Crippen molar-refractivity contribution < 1.29 is 13.9 Å². The van der Waals surface area contributed by atoms with Gasteiger partial charge in [0.05, 0.1) is 5.54 Å². The quantitative estimate of drug-likeness (QED) is 0.800. The molecular weight excluding hydrogens is 288 g/mol. The van der Waals surface area contributed by atoms with E-state index in [4.69, 9.17) is 0 Å². The number of benzene rings is 1. The molecule has 2 aliphatic heterocycles. The van der Waals surface area contributed by atoms with E-state index in [9.17, 15) is 13.9 Å². The van der Waals surface area contributed by atoms with E-state index in [2.05, 4.69) is 15.6 Å². The second kappa shape index (κ2) is 5.59. The first-order valence-corrected chi connectivity index (χ1v) is 7.70. The average Bonchev–Trinajstić information content (AvgIpc) is 2.85. The molecule has 120 valence electrons. The number of halogens is 2. The number of hydrogen-bond donors (Lipinski definition) is 3. The van der Waals surface area contributed by atoms with Crippen molar-refractivity contribution in [1.82, 2.24) is 10.6 Å². The molecule has 0 aliphatic carbocycles. The van der Waals surface area contributed by atoms with Crippen molar-refractivity contribution in [2.75, 3.05) is 13.1 Å². The topological polar surface area (TPSA) is 56.7 Å². The number of aliphatic imine (C=N–C) groups is 1. The molecule has 1 aromatic rings. The van der Waals surface area contributed by atoms with Crippen molar-refractivity contribution in [3.8, 4) is 0 Å². The largest absolute Gasteiger partial charge is 0.369 e. The van der Waals surface area contributed by atoms with Crippen LogP contribution in [0.2, 0.25) is 0 Å². The number of nitrogens with zero attached hydrogens (tertiary/aromatic N) is 1. The molecule has 1 unspecified atom stereocenters. The molecule has 1 spiro atoms. The van der Waals surface area contributed by atoms with Crippen LogP contribution < -0.4 is 10.6 Å². The molecule has 1 fully saturated rings. The van der Waals surface area contributed by atoms with Gasteiger partial charge in [-0.2, -0.15) is 0 Å². The van der Waals surface area contributed by atoms with Gasteiger partial charge in [0.15, 0.2) is 6.23 Å². The van der Waals surface area contributed by atoms with E-state index in [1.165, 1.54) is 19.1 Å². The Kier molecular flexibility index (Phi) is 3.91. The van der Waals surface area contributed by atoms with Crippen molar-refractivity contribution in [3.63, 3.8) is 0 Å². The van der Waals surface area contributed by atoms with Crippen LogP contribution in [-0.4, -0.2) is 35.8 Å². The number of alkyl halides is 2. The molecule has 0 bridgehead atoms. The van der Waals surface area contributed by atoms with E-state index in [1.54, 1.807) is 12.1 Å². The van der Waals surface area contributed by atoms with Crippen LogP contribution in [0.3, 0.4) is 0 Å². The number of aliphatic hydroxyl groups excluding tert-OH is 1. The third-order valence-corrected chi connectivity index (χ3v) is 4.61. The van der Waals surface area contributed by atoms with Crippen LogP contribution in [-0.2, 0) is 5.92 Å². The third kappa shape index (κ3) is 2.61. The zero-order valence-corrected chi connectivity index (χ0v) is 12.6. The van der Waals surface area contributed by atoms with Crippen LogP contribution in [0.5, 0.6) is 0 Å². The number of nitrogens with one attached hydrogen (secondary N) is 2. The van der Waals surface area contributed by atoms with Gasteiger partial charge >= 0.3 is 0 Å². The number of amidine groups is 1. The Morgan fingerprint density at radius 1 is 1.36 bits per heavy atom. The molecule has 1 atom stereocenters. The van der Waals surface area contributed by atoms with E-state index >= 15 is 0 Å². The second-order valence-electron chi connectivity index (χ2n) is 6.02. The fourth-order valence-corrected chi connectivity index (χ4v) is 3.08. The molecule has 4 nitrogen and oxygen atoms in total. The highest BCUT2D eigenvalue weighted by atomic mass is 19.3. The van der Waals surface area contributed by atoms with Gasteiger partial charge in [0.2, 0.25) is 0 Å². The Morgan fingerprint density at radius 2 is 2.09 bits per heavy atom. The molecule has 2 heterocycles. The van der Waals surface area contributed by atoms with Gasteiger partial charge in [-0.05, 0) is 32.0 Å². The third-order valence-electron chi connectivity index (χ3n) is 4.61. The lowest BCUT2D eigenvalue weighted by Crippen LogP contribution is -2.56. The van der Waals surface area contributed by atoms with Gasteiger partial charge in [0.25, 0.3) is 5.92 Å². The highest BCUT2D eigenvalue weighted by Gasteiger charge is 2.44. The monoisotopic (exact) mass is 309 g/mol. The molecule has 0 saturated carbocycles. The summed E-state index contributed by atoms with van der Waals surface area (Å²) in [7, 11) is 0. The number of hydrogen-bond acceptors (Lipinski definition) is 4. The summed E-state index contributed by atoms with van der Waals surface area (Å²) in [6.45, 7) is 3.08. The summed E-state index contributed by atoms with van der Waals surface area (Å²) < 4.78 is 27.7. The standard InChI is InChI=1S/C16H21F2N3O/c1-2-16(17,18)12-5-3-4-11(10-12)13-20-14(22)15(21-13)6-8-19-9-7-15/h3-5,10,14,19,22H,2,6-9H2,1H3,(H,20,21). The minimum absolute atomic E-state index is 0.0160. The molecular formula is C16H21F2N3O. The lowest BCUT2D eigenvalue weighted by Gasteiger charge is -2.36. The summed E-state index contributed by atoms with van der Waals surface area (Å²) in [5, 5.41) is 16.8. The van der Waals surface area contributed by atoms with Gasteiger partial charge in [0, 0.05) is 17.5 Å². The van der Waals surface area contributed by atoms with Gasteiger partial charge in [-0.3, -0.25) is 0 Å². The Balaban J connectivity index is 1.86. The Morgan fingerprint density at radius 3 is 2.77 bits per heavy atom. The SMILES string of the molecule is CCC(F)(F)c1cccc(C2=NC(O)C3(CCNCC3)N2)c1. The minimum Gasteiger partial charge on any atom is -0.369 e. The van der Waals surface area contributed by atoms with Crippen molar-refractivity contribution in [2.45, 2.75) is 43.9 Å². The highest BCUT2D eigenvalue weighted by Crippen LogP contribution is 2.33. The zero-order chi connectivity index (χ0) is 15.8. The van der Waals surface area contributed by atoms with Gasteiger partial charge < -0.3 is 15.7 Å². The fourth-order valence-electron chi connectivity index (χ4n) is 3.08. The van der Waals surface area contributed by atoms with Gasteiger partial charge in [0.1, 0.15) is 5.84 Å². The first kappa shape index (κ1) is 15.4. The molecule has 1 aromatic carbocycles. The van der Waals surface area contributed by atoms with Crippen molar-refractivity contribution in [1.29, 1.82) is 0 Å². The Hall–Kier alpha value is -1.53. The molecule has 3 N–H and O–H groups in total. The maximum absolute atomic E-state index is 13.9. The minimum atomic E-state index is -2.85. The zero-order valence-electron chi connectivity index (χ0n) is 12.6. The molecule has 1 saturated heterocycles. The van der Waals surface area contributed by atoms with Gasteiger partial charge in [-0.15, -0.1) is 0 Å². The predicted octanol–water partition coefficient (Wildman–Crippen LogP) is 1.98. The van der Waals surface area contributed by atoms with Crippen LogP contribution in [0.25, 0.3) is 0 Å². The Labute approximate surface area is 128 Å². The smallest absolute Gasteiger partial charge is 0.273 e. The van der Waals surface area contributed by atoms with Crippen LogP contribution in [0, 0.1) is 0 Å². The molecule has 3 rings (SSSR count). The van der Waals surface area contributed by atoms with Crippen molar-refractivity contribution in [3.05, 3.63) is 35.4 Å². The molecule has 0 aromatic heterocycles. The van der Waals surface area contributed by atoms with E-state index in [0.717, 1.165) is 25.9 Å². The average molecular weight is 309 g/mol. The van der Waals surface area contributed by atoms with E-state index in [-0.39, 0.29) is 12.0 Å². The first-order valence-electron chi connectivity index (χ1n) is 7.70. The fraction of sp³-hybridized carbons (Fsp3) is 0.562. The normalized spacial score (nSPS) is 24.2. The molecule has 0 radical (unpaired) electrons. The number of rotatable bonds is 3. The Bertz CT molecular complexity index is 583. The van der Waals surface area contributed by atoms with E-state index in [0.29, 0.717) is 11.4 Å². The van der Waals surface area contributed by atoms with Crippen molar-refractivity contribution >= 4 is 5.84 Å². The van der Waals surface area contributed by atoms with E-state index in [1.807, 2.05) is 0 Å². The molecule has 22 heavy (non-hydrogen) atoms.